The number of rotatable bonds is 5. The molecule has 2 saturated carbocycles. The summed E-state index contributed by atoms with van der Waals surface area (Å²) in [6.45, 7) is 0. The van der Waals surface area contributed by atoms with Gasteiger partial charge in [0.05, 0.1) is 28.3 Å². The molecule has 2 aliphatic carbocycles. The largest absolute Gasteiger partial charge is 0.389 e. The molecule has 2 fully saturated rings. The Morgan fingerprint density at radius 1 is 0.935 bits per heavy atom. The van der Waals surface area contributed by atoms with Crippen molar-refractivity contribution in [3.05, 3.63) is 86.0 Å². The van der Waals surface area contributed by atoms with Crippen molar-refractivity contribution in [2.24, 2.45) is 11.8 Å². The average Bonchev–Trinajstić information content (AvgIpc) is 2.77. The minimum Gasteiger partial charge on any atom is -0.389 e. The van der Waals surface area contributed by atoms with Crippen LogP contribution in [0, 0.1) is 32.1 Å². The molecule has 162 valence electrons. The van der Waals surface area contributed by atoms with Gasteiger partial charge in [0.25, 0.3) is 5.69 Å². The fraction of sp³-hybridized carbons (Fsp3) is 0.435. The molecule has 8 nitrogen and oxygen atoms in total. The molecule has 4 rings (SSSR count). The van der Waals surface area contributed by atoms with Crippen molar-refractivity contribution in [3.8, 4) is 0 Å². The van der Waals surface area contributed by atoms with Crippen molar-refractivity contribution in [3.63, 3.8) is 0 Å². The molecular formula is C23H24N2O6. The standard InChI is InChI=1S/C23H24N2O6/c26-14-19-21(16-9-11-17(12-10-16)24(28)29)22(25(30)31)20(15-6-2-1-3-7-15)18-8-4-5-13-23(18,19)27/h1-3,6-7,9-12,14,18-22,27H,4-5,8,13H2/t18-,19+,20-,21+,22+,23-/m0/s1. The first-order valence-corrected chi connectivity index (χ1v) is 10.5. The van der Waals surface area contributed by atoms with Crippen molar-refractivity contribution in [1.82, 2.24) is 0 Å². The molecule has 0 aromatic heterocycles. The van der Waals surface area contributed by atoms with Crippen LogP contribution in [0.25, 0.3) is 0 Å². The Labute approximate surface area is 179 Å². The number of aliphatic hydroxyl groups is 1. The smallest absolute Gasteiger partial charge is 0.269 e. The summed E-state index contributed by atoms with van der Waals surface area (Å²) in [4.78, 5) is 34.9. The third-order valence-corrected chi connectivity index (χ3v) is 7.18. The molecule has 0 radical (unpaired) electrons. The Balaban J connectivity index is 1.91. The molecular weight excluding hydrogens is 400 g/mol. The average molecular weight is 424 g/mol. The zero-order valence-electron chi connectivity index (χ0n) is 16.9. The Morgan fingerprint density at radius 2 is 1.58 bits per heavy atom. The monoisotopic (exact) mass is 424 g/mol. The van der Waals surface area contributed by atoms with Crippen LogP contribution in [0.1, 0.15) is 48.6 Å². The quantitative estimate of drug-likeness (QED) is 0.442. The second-order valence-corrected chi connectivity index (χ2v) is 8.59. The summed E-state index contributed by atoms with van der Waals surface area (Å²) < 4.78 is 0. The number of nitro benzene ring substituents is 1. The number of nitro groups is 2. The van der Waals surface area contributed by atoms with Crippen molar-refractivity contribution < 1.29 is 19.7 Å². The van der Waals surface area contributed by atoms with Gasteiger partial charge in [0.2, 0.25) is 6.04 Å². The molecule has 0 spiro atoms. The molecule has 0 bridgehead atoms. The fourth-order valence-electron chi connectivity index (χ4n) is 5.89. The van der Waals surface area contributed by atoms with E-state index in [2.05, 4.69) is 0 Å². The molecule has 0 aliphatic heterocycles. The third-order valence-electron chi connectivity index (χ3n) is 7.18. The van der Waals surface area contributed by atoms with Crippen LogP contribution < -0.4 is 0 Å². The van der Waals surface area contributed by atoms with E-state index < -0.39 is 40.2 Å². The Kier molecular flexibility index (Phi) is 5.58. The van der Waals surface area contributed by atoms with Crippen LogP contribution in [0.2, 0.25) is 0 Å². The van der Waals surface area contributed by atoms with Crippen LogP contribution in [0.3, 0.4) is 0 Å². The molecule has 2 aliphatic rings. The van der Waals surface area contributed by atoms with Gasteiger partial charge in [-0.05, 0) is 24.0 Å². The lowest BCUT2D eigenvalue weighted by atomic mass is 9.51. The number of hydrogen-bond acceptors (Lipinski definition) is 6. The predicted molar refractivity (Wildman–Crippen MR) is 112 cm³/mol. The second kappa shape index (κ2) is 8.19. The van der Waals surface area contributed by atoms with E-state index in [0.717, 1.165) is 18.4 Å². The van der Waals surface area contributed by atoms with E-state index in [1.54, 1.807) is 0 Å². The Morgan fingerprint density at radius 3 is 2.16 bits per heavy atom. The Bertz CT molecular complexity index is 979. The maximum Gasteiger partial charge on any atom is 0.269 e. The molecule has 1 N–H and O–H groups in total. The summed E-state index contributed by atoms with van der Waals surface area (Å²) in [5.74, 6) is -2.84. The van der Waals surface area contributed by atoms with E-state index in [-0.39, 0.29) is 10.6 Å². The molecule has 2 aromatic rings. The van der Waals surface area contributed by atoms with Gasteiger partial charge in [-0.25, -0.2) is 0 Å². The van der Waals surface area contributed by atoms with Crippen LogP contribution in [0.15, 0.2) is 54.6 Å². The van der Waals surface area contributed by atoms with Crippen LogP contribution in [-0.4, -0.2) is 32.9 Å². The maximum atomic E-state index is 12.4. The van der Waals surface area contributed by atoms with Gasteiger partial charge in [-0.2, -0.15) is 0 Å². The number of aldehydes is 1. The number of hydrogen-bond donors (Lipinski definition) is 1. The van der Waals surface area contributed by atoms with E-state index in [0.29, 0.717) is 24.7 Å². The van der Waals surface area contributed by atoms with E-state index in [1.165, 1.54) is 24.3 Å². The lowest BCUT2D eigenvalue weighted by Gasteiger charge is -2.54. The first-order valence-electron chi connectivity index (χ1n) is 10.5. The molecule has 31 heavy (non-hydrogen) atoms. The van der Waals surface area contributed by atoms with Gasteiger partial charge in [0, 0.05) is 23.0 Å². The molecule has 0 saturated heterocycles. The first-order chi connectivity index (χ1) is 14.9. The van der Waals surface area contributed by atoms with Gasteiger partial charge in [0.15, 0.2) is 0 Å². The summed E-state index contributed by atoms with van der Waals surface area (Å²) >= 11 is 0. The molecule has 0 unspecified atom stereocenters. The highest BCUT2D eigenvalue weighted by Gasteiger charge is 2.63. The van der Waals surface area contributed by atoms with E-state index in [1.807, 2.05) is 30.3 Å². The van der Waals surface area contributed by atoms with Gasteiger partial charge < -0.3 is 9.90 Å². The van der Waals surface area contributed by atoms with E-state index in [4.69, 9.17) is 0 Å². The molecule has 0 heterocycles. The SMILES string of the molecule is O=C[C@@H]1[C@@H](c2ccc([N+](=O)[O-])cc2)[C@H]([N+](=O)[O-])[C@@H](c2ccccc2)[C@@H]2CCCC[C@@]12O. The van der Waals surface area contributed by atoms with Crippen LogP contribution in [0.5, 0.6) is 0 Å². The number of benzene rings is 2. The van der Waals surface area contributed by atoms with Crippen molar-refractivity contribution in [2.45, 2.75) is 49.2 Å². The Hall–Kier alpha value is -3.13. The van der Waals surface area contributed by atoms with Crippen LogP contribution in [-0.2, 0) is 4.79 Å². The van der Waals surface area contributed by atoms with Gasteiger partial charge in [-0.3, -0.25) is 20.2 Å². The lowest BCUT2D eigenvalue weighted by molar-refractivity contribution is -0.541. The first kappa shape index (κ1) is 21.1. The number of non-ortho nitro benzene ring substituents is 1. The van der Waals surface area contributed by atoms with Crippen molar-refractivity contribution in [1.29, 1.82) is 0 Å². The van der Waals surface area contributed by atoms with Gasteiger partial charge in [-0.1, -0.05) is 55.3 Å². The summed E-state index contributed by atoms with van der Waals surface area (Å²) in [5.41, 5.74) is -0.262. The zero-order valence-corrected chi connectivity index (χ0v) is 16.9. The van der Waals surface area contributed by atoms with Crippen LogP contribution >= 0.6 is 0 Å². The molecule has 6 atom stereocenters. The van der Waals surface area contributed by atoms with Gasteiger partial charge in [0.1, 0.15) is 6.29 Å². The molecule has 0 amide bonds. The maximum absolute atomic E-state index is 12.4. The summed E-state index contributed by atoms with van der Waals surface area (Å²) in [7, 11) is 0. The second-order valence-electron chi connectivity index (χ2n) is 8.59. The number of carbonyl (C=O) groups is 1. The topological polar surface area (TPSA) is 124 Å². The summed E-state index contributed by atoms with van der Waals surface area (Å²) in [6, 6.07) is 13.6. The highest BCUT2D eigenvalue weighted by molar-refractivity contribution is 5.60. The zero-order chi connectivity index (χ0) is 22.2. The summed E-state index contributed by atoms with van der Waals surface area (Å²) in [6.07, 6.45) is 3.25. The minimum atomic E-state index is -1.36. The number of fused-ring (bicyclic) bond motifs is 1. The molecule has 8 heteroatoms. The molecule has 2 aromatic carbocycles. The van der Waals surface area contributed by atoms with Gasteiger partial charge in [-0.15, -0.1) is 0 Å². The van der Waals surface area contributed by atoms with E-state index in [9.17, 15) is 30.1 Å². The summed E-state index contributed by atoms with van der Waals surface area (Å²) in [5, 5.41) is 35.3. The van der Waals surface area contributed by atoms with Gasteiger partial charge >= 0.3 is 0 Å². The highest BCUT2D eigenvalue weighted by atomic mass is 16.6. The van der Waals surface area contributed by atoms with Crippen molar-refractivity contribution in [2.75, 3.05) is 0 Å². The lowest BCUT2D eigenvalue weighted by Crippen LogP contribution is -2.61. The van der Waals surface area contributed by atoms with Crippen molar-refractivity contribution >= 4 is 12.0 Å². The number of carbonyl (C=O) groups excluding carboxylic acids is 1. The normalized spacial score (nSPS) is 32.6. The predicted octanol–water partition coefficient (Wildman–Crippen LogP) is 3.86. The highest BCUT2D eigenvalue weighted by Crippen LogP contribution is 2.58. The number of nitrogens with zero attached hydrogens (tertiary/aromatic N) is 2. The van der Waals surface area contributed by atoms with Crippen LogP contribution in [0.4, 0.5) is 5.69 Å². The fourth-order valence-corrected chi connectivity index (χ4v) is 5.89. The van der Waals surface area contributed by atoms with E-state index >= 15 is 0 Å². The minimum absolute atomic E-state index is 0.131. The third kappa shape index (κ3) is 3.50.